The monoisotopic (exact) mass is 378 g/mol. The molecular formula is C25H34N2O. The zero-order valence-corrected chi connectivity index (χ0v) is 17.6. The first-order valence-electron chi connectivity index (χ1n) is 10.8. The van der Waals surface area contributed by atoms with Gasteiger partial charge in [-0.1, -0.05) is 55.7 Å². The summed E-state index contributed by atoms with van der Waals surface area (Å²) in [5, 5.41) is 3.22. The molecular weight excluding hydrogens is 344 g/mol. The summed E-state index contributed by atoms with van der Waals surface area (Å²) >= 11 is 0. The fourth-order valence-electron chi connectivity index (χ4n) is 4.17. The molecule has 3 heteroatoms. The number of amides is 1. The third-order valence-electron chi connectivity index (χ3n) is 5.84. The molecule has 1 amide bonds. The van der Waals surface area contributed by atoms with E-state index in [9.17, 15) is 4.79 Å². The Hall–Kier alpha value is -2.13. The highest BCUT2D eigenvalue weighted by Gasteiger charge is 2.16. The van der Waals surface area contributed by atoms with Crippen LogP contribution in [0.4, 0.5) is 0 Å². The first-order valence-corrected chi connectivity index (χ1v) is 10.8. The molecule has 3 rings (SSSR count). The topological polar surface area (TPSA) is 32.3 Å². The van der Waals surface area contributed by atoms with Crippen molar-refractivity contribution in [3.05, 3.63) is 70.3 Å². The number of carbonyl (C=O) groups excluding carboxylic acids is 1. The minimum Gasteiger partial charge on any atom is -0.345 e. The average Bonchev–Trinajstić information content (AvgIpc) is 2.95. The zero-order chi connectivity index (χ0) is 19.9. The molecule has 28 heavy (non-hydrogen) atoms. The molecule has 3 nitrogen and oxygen atoms in total. The molecule has 0 spiro atoms. The summed E-state index contributed by atoms with van der Waals surface area (Å²) in [6, 6.07) is 14.6. The Kier molecular flexibility index (Phi) is 7.27. The van der Waals surface area contributed by atoms with E-state index in [-0.39, 0.29) is 11.9 Å². The van der Waals surface area contributed by atoms with Crippen molar-refractivity contribution in [3.63, 3.8) is 0 Å². The Morgan fingerprint density at radius 2 is 1.68 bits per heavy atom. The van der Waals surface area contributed by atoms with E-state index in [1.165, 1.54) is 61.0 Å². The van der Waals surface area contributed by atoms with E-state index in [0.29, 0.717) is 0 Å². The van der Waals surface area contributed by atoms with Crippen molar-refractivity contribution in [1.82, 2.24) is 10.2 Å². The normalized spacial score (nSPS) is 16.4. The second-order valence-electron chi connectivity index (χ2n) is 8.18. The first kappa shape index (κ1) is 20.6. The summed E-state index contributed by atoms with van der Waals surface area (Å²) in [4.78, 5) is 15.3. The Morgan fingerprint density at radius 1 is 1.00 bits per heavy atom. The minimum atomic E-state index is 0.00754. The van der Waals surface area contributed by atoms with Gasteiger partial charge in [0.05, 0.1) is 6.04 Å². The smallest absolute Gasteiger partial charge is 0.251 e. The van der Waals surface area contributed by atoms with E-state index >= 15 is 0 Å². The fraction of sp³-hybridized carbons (Fsp3) is 0.480. The Morgan fingerprint density at radius 3 is 2.29 bits per heavy atom. The van der Waals surface area contributed by atoms with Crippen LogP contribution < -0.4 is 5.32 Å². The van der Waals surface area contributed by atoms with Crippen molar-refractivity contribution in [2.24, 2.45) is 0 Å². The fourth-order valence-corrected chi connectivity index (χ4v) is 4.17. The average molecular weight is 379 g/mol. The van der Waals surface area contributed by atoms with E-state index < -0.39 is 0 Å². The van der Waals surface area contributed by atoms with Crippen LogP contribution in [-0.4, -0.2) is 23.9 Å². The largest absolute Gasteiger partial charge is 0.345 e. The molecule has 2 aromatic carbocycles. The van der Waals surface area contributed by atoms with Gasteiger partial charge in [-0.3, -0.25) is 9.69 Å². The molecule has 2 aromatic rings. The zero-order valence-electron chi connectivity index (χ0n) is 17.6. The number of carbonyl (C=O) groups is 1. The van der Waals surface area contributed by atoms with Crippen LogP contribution in [-0.2, 0) is 6.54 Å². The molecule has 1 aliphatic rings. The van der Waals surface area contributed by atoms with Gasteiger partial charge >= 0.3 is 0 Å². The van der Waals surface area contributed by atoms with Crippen molar-refractivity contribution in [1.29, 1.82) is 0 Å². The molecule has 1 heterocycles. The van der Waals surface area contributed by atoms with E-state index in [0.717, 1.165) is 18.5 Å². The molecule has 1 atom stereocenters. The van der Waals surface area contributed by atoms with Gasteiger partial charge in [0, 0.05) is 12.1 Å². The predicted molar refractivity (Wildman–Crippen MR) is 117 cm³/mol. The SMILES string of the molecule is CC[C@H](NC(=O)c1ccc(CN2CCCCCC2)cc1)c1ccc(C)cc1C. The number of nitrogens with zero attached hydrogens (tertiary/aromatic N) is 1. The lowest BCUT2D eigenvalue weighted by Gasteiger charge is -2.21. The van der Waals surface area contributed by atoms with Crippen LogP contribution in [0.1, 0.15) is 77.7 Å². The number of hydrogen-bond donors (Lipinski definition) is 1. The van der Waals surface area contributed by atoms with E-state index in [1.807, 2.05) is 12.1 Å². The molecule has 0 bridgehead atoms. The lowest BCUT2D eigenvalue weighted by atomic mass is 9.97. The van der Waals surface area contributed by atoms with Crippen LogP contribution in [0.25, 0.3) is 0 Å². The van der Waals surface area contributed by atoms with Crippen LogP contribution in [0.2, 0.25) is 0 Å². The first-order chi connectivity index (χ1) is 13.6. The maximum Gasteiger partial charge on any atom is 0.251 e. The van der Waals surface area contributed by atoms with Crippen LogP contribution >= 0.6 is 0 Å². The molecule has 0 saturated carbocycles. The predicted octanol–water partition coefficient (Wildman–Crippen LogP) is 5.56. The Labute approximate surface area is 170 Å². The lowest BCUT2D eigenvalue weighted by molar-refractivity contribution is 0.0935. The summed E-state index contributed by atoms with van der Waals surface area (Å²) in [6.45, 7) is 9.71. The highest BCUT2D eigenvalue weighted by atomic mass is 16.1. The number of likely N-dealkylation sites (tertiary alicyclic amines) is 1. The number of hydrogen-bond acceptors (Lipinski definition) is 2. The molecule has 0 aliphatic carbocycles. The van der Waals surface area contributed by atoms with Gasteiger partial charge in [0.15, 0.2) is 0 Å². The summed E-state index contributed by atoms with van der Waals surface area (Å²) in [7, 11) is 0. The second-order valence-corrected chi connectivity index (χ2v) is 8.18. The highest BCUT2D eigenvalue weighted by molar-refractivity contribution is 5.94. The van der Waals surface area contributed by atoms with Crippen molar-refractivity contribution in [3.8, 4) is 0 Å². The van der Waals surface area contributed by atoms with Crippen LogP contribution in [0, 0.1) is 13.8 Å². The molecule has 150 valence electrons. The van der Waals surface area contributed by atoms with Gasteiger partial charge in [0.2, 0.25) is 0 Å². The molecule has 1 N–H and O–H groups in total. The summed E-state index contributed by atoms with van der Waals surface area (Å²) in [5.41, 5.74) is 5.73. The van der Waals surface area contributed by atoms with Crippen LogP contribution in [0.15, 0.2) is 42.5 Å². The standard InChI is InChI=1S/C25H34N2O/c1-4-24(23-14-9-19(2)17-20(23)3)26-25(28)22-12-10-21(11-13-22)18-27-15-7-5-6-8-16-27/h9-14,17,24H,4-8,15-16,18H2,1-3H3,(H,26,28)/t24-/m0/s1. The van der Waals surface area contributed by atoms with Gasteiger partial charge in [-0.2, -0.15) is 0 Å². The van der Waals surface area contributed by atoms with E-state index in [4.69, 9.17) is 0 Å². The maximum atomic E-state index is 12.8. The van der Waals surface area contributed by atoms with Gasteiger partial charge in [0.1, 0.15) is 0 Å². The van der Waals surface area contributed by atoms with E-state index in [1.54, 1.807) is 0 Å². The second kappa shape index (κ2) is 9.88. The van der Waals surface area contributed by atoms with Gasteiger partial charge < -0.3 is 5.32 Å². The van der Waals surface area contributed by atoms with Crippen molar-refractivity contribution in [2.75, 3.05) is 13.1 Å². The van der Waals surface area contributed by atoms with Crippen molar-refractivity contribution >= 4 is 5.91 Å². The Balaban J connectivity index is 1.63. The third-order valence-corrected chi connectivity index (χ3v) is 5.84. The van der Waals surface area contributed by atoms with Crippen LogP contribution in [0.3, 0.4) is 0 Å². The molecule has 1 aliphatic heterocycles. The maximum absolute atomic E-state index is 12.8. The van der Waals surface area contributed by atoms with Gasteiger partial charge in [-0.25, -0.2) is 0 Å². The van der Waals surface area contributed by atoms with E-state index in [2.05, 4.69) is 61.3 Å². The molecule has 1 fully saturated rings. The summed E-state index contributed by atoms with van der Waals surface area (Å²) in [5.74, 6) is 0.00754. The third kappa shape index (κ3) is 5.45. The number of aryl methyl sites for hydroxylation is 2. The molecule has 0 unspecified atom stereocenters. The molecule has 1 saturated heterocycles. The lowest BCUT2D eigenvalue weighted by Crippen LogP contribution is -2.28. The highest BCUT2D eigenvalue weighted by Crippen LogP contribution is 2.22. The number of benzene rings is 2. The van der Waals surface area contributed by atoms with Gasteiger partial charge in [-0.05, 0) is 75.0 Å². The summed E-state index contributed by atoms with van der Waals surface area (Å²) < 4.78 is 0. The molecule has 0 radical (unpaired) electrons. The minimum absolute atomic E-state index is 0.00754. The number of nitrogens with one attached hydrogen (secondary N) is 1. The Bertz CT molecular complexity index is 774. The van der Waals surface area contributed by atoms with Gasteiger partial charge in [0.25, 0.3) is 5.91 Å². The number of rotatable bonds is 6. The van der Waals surface area contributed by atoms with Crippen LogP contribution in [0.5, 0.6) is 0 Å². The summed E-state index contributed by atoms with van der Waals surface area (Å²) in [6.07, 6.45) is 6.20. The van der Waals surface area contributed by atoms with Crippen molar-refractivity contribution < 1.29 is 4.79 Å². The molecule has 0 aromatic heterocycles. The van der Waals surface area contributed by atoms with Crippen molar-refractivity contribution in [2.45, 2.75) is 65.5 Å². The quantitative estimate of drug-likeness (QED) is 0.713. The van der Waals surface area contributed by atoms with Gasteiger partial charge in [-0.15, -0.1) is 0 Å².